The zero-order valence-corrected chi connectivity index (χ0v) is 9.85. The molecule has 1 amide bonds. The van der Waals surface area contributed by atoms with Crippen molar-refractivity contribution in [1.29, 1.82) is 0 Å². The maximum atomic E-state index is 10.9. The van der Waals surface area contributed by atoms with Gasteiger partial charge in [-0.2, -0.15) is 0 Å². The van der Waals surface area contributed by atoms with Crippen molar-refractivity contribution in [2.45, 2.75) is 6.92 Å². The van der Waals surface area contributed by atoms with Crippen molar-refractivity contribution < 1.29 is 9.53 Å². The second kappa shape index (κ2) is 5.32. The van der Waals surface area contributed by atoms with Crippen LogP contribution in [0.2, 0.25) is 0 Å². The lowest BCUT2D eigenvalue weighted by molar-refractivity contribution is 0.177. The Labute approximate surface area is 99.0 Å². The molecule has 5 nitrogen and oxygen atoms in total. The van der Waals surface area contributed by atoms with Crippen molar-refractivity contribution >= 4 is 34.8 Å². The average Bonchev–Trinajstić information content (AvgIpc) is 2.22. The number of aryl methyl sites for hydroxylation is 1. The number of hydrogen-bond donors (Lipinski definition) is 3. The number of methoxy groups -OCH3 is 1. The zero-order valence-electron chi connectivity index (χ0n) is 9.03. The van der Waals surface area contributed by atoms with Gasteiger partial charge < -0.3 is 15.8 Å². The Kier molecular flexibility index (Phi) is 4.07. The summed E-state index contributed by atoms with van der Waals surface area (Å²) in [7, 11) is 1.26. The second-order valence-electron chi connectivity index (χ2n) is 3.16. The third-order valence-corrected chi connectivity index (χ3v) is 2.06. The summed E-state index contributed by atoms with van der Waals surface area (Å²) in [5.74, 6) is 0. The van der Waals surface area contributed by atoms with Gasteiger partial charge >= 0.3 is 6.09 Å². The molecular formula is C10H13N3O2S. The Morgan fingerprint density at radius 2 is 2.19 bits per heavy atom. The van der Waals surface area contributed by atoms with Crippen LogP contribution < -0.4 is 16.4 Å². The van der Waals surface area contributed by atoms with Crippen LogP contribution in [0.25, 0.3) is 0 Å². The molecule has 0 spiro atoms. The summed E-state index contributed by atoms with van der Waals surface area (Å²) in [4.78, 5) is 10.9. The first-order valence-electron chi connectivity index (χ1n) is 4.55. The Morgan fingerprint density at radius 1 is 1.50 bits per heavy atom. The maximum Gasteiger partial charge on any atom is 0.413 e. The summed E-state index contributed by atoms with van der Waals surface area (Å²) in [6, 6.07) is 5.48. The average molecular weight is 239 g/mol. The van der Waals surface area contributed by atoms with E-state index < -0.39 is 6.09 Å². The van der Waals surface area contributed by atoms with Crippen molar-refractivity contribution in [2.24, 2.45) is 0 Å². The molecule has 0 atom stereocenters. The van der Waals surface area contributed by atoms with Crippen molar-refractivity contribution in [3.63, 3.8) is 0 Å². The Morgan fingerprint density at radius 3 is 2.75 bits per heavy atom. The van der Waals surface area contributed by atoms with E-state index in [1.807, 2.05) is 19.1 Å². The lowest BCUT2D eigenvalue weighted by atomic mass is 10.2. The molecule has 0 aliphatic rings. The number of carbonyl (C=O) groups is 1. The smallest absolute Gasteiger partial charge is 0.413 e. The van der Waals surface area contributed by atoms with Gasteiger partial charge in [0, 0.05) is 0 Å². The van der Waals surface area contributed by atoms with Crippen LogP contribution in [0.5, 0.6) is 0 Å². The van der Waals surface area contributed by atoms with E-state index in [1.54, 1.807) is 6.07 Å². The molecule has 1 aromatic carbocycles. The number of thiocarbonyl (C=S) groups is 1. The van der Waals surface area contributed by atoms with Crippen LogP contribution in [0, 0.1) is 6.92 Å². The van der Waals surface area contributed by atoms with Gasteiger partial charge in [0.05, 0.1) is 18.5 Å². The molecule has 0 aliphatic carbocycles. The van der Waals surface area contributed by atoms with E-state index >= 15 is 0 Å². The van der Waals surface area contributed by atoms with Crippen LogP contribution in [0.15, 0.2) is 18.2 Å². The highest BCUT2D eigenvalue weighted by Crippen LogP contribution is 2.19. The molecule has 0 bridgehead atoms. The molecule has 86 valence electrons. The highest BCUT2D eigenvalue weighted by molar-refractivity contribution is 7.80. The monoisotopic (exact) mass is 239 g/mol. The van der Waals surface area contributed by atoms with Gasteiger partial charge in [-0.15, -0.1) is 0 Å². The number of hydrogen-bond acceptors (Lipinski definition) is 4. The number of benzene rings is 1. The first-order chi connectivity index (χ1) is 7.52. The number of carbonyl (C=O) groups excluding carboxylic acids is 1. The summed E-state index contributed by atoms with van der Waals surface area (Å²) in [5, 5.41) is 5.26. The molecule has 0 unspecified atom stereocenters. The molecule has 0 radical (unpaired) electrons. The Hall–Kier alpha value is -1.82. The van der Waals surface area contributed by atoms with Crippen molar-refractivity contribution in [3.05, 3.63) is 23.8 Å². The molecule has 16 heavy (non-hydrogen) atoms. The fraction of sp³-hybridized carbons (Fsp3) is 0.200. The van der Waals surface area contributed by atoms with Crippen LogP contribution in [0.3, 0.4) is 0 Å². The largest absolute Gasteiger partial charge is 0.453 e. The maximum absolute atomic E-state index is 10.9. The Balaban J connectivity index is 2.66. The molecule has 0 saturated carbocycles. The van der Waals surface area contributed by atoms with Crippen molar-refractivity contribution in [3.8, 4) is 0 Å². The number of ether oxygens (including phenoxy) is 1. The predicted octanol–water partition coefficient (Wildman–Crippen LogP) is 1.63. The van der Waals surface area contributed by atoms with Crippen LogP contribution in [-0.2, 0) is 4.74 Å². The van der Waals surface area contributed by atoms with E-state index in [-0.39, 0.29) is 5.11 Å². The molecule has 1 aromatic rings. The summed E-state index contributed by atoms with van der Waals surface area (Å²) >= 11 is 4.89. The van der Waals surface area contributed by atoms with Crippen LogP contribution in [-0.4, -0.2) is 18.3 Å². The van der Waals surface area contributed by atoms with Crippen molar-refractivity contribution in [2.75, 3.05) is 18.2 Å². The summed E-state index contributed by atoms with van der Waals surface area (Å²) in [5.41, 5.74) is 8.03. The van der Waals surface area contributed by atoms with E-state index in [0.717, 1.165) is 5.56 Å². The Bertz CT molecular complexity index is 421. The normalized spacial score (nSPS) is 9.38. The third-order valence-electron chi connectivity index (χ3n) is 1.86. The van der Waals surface area contributed by atoms with Gasteiger partial charge in [0.2, 0.25) is 0 Å². The van der Waals surface area contributed by atoms with E-state index in [1.165, 1.54) is 7.11 Å². The van der Waals surface area contributed by atoms with Gasteiger partial charge in [-0.05, 0) is 36.8 Å². The minimum Gasteiger partial charge on any atom is -0.453 e. The number of rotatable bonds is 1. The fourth-order valence-electron chi connectivity index (χ4n) is 1.09. The predicted molar refractivity (Wildman–Crippen MR) is 67.4 cm³/mol. The van der Waals surface area contributed by atoms with Crippen LogP contribution in [0.4, 0.5) is 16.2 Å². The fourth-order valence-corrected chi connectivity index (χ4v) is 1.29. The minimum atomic E-state index is -0.622. The number of amides is 1. The molecule has 0 aliphatic heterocycles. The molecule has 0 aromatic heterocycles. The van der Waals surface area contributed by atoms with E-state index in [4.69, 9.17) is 18.0 Å². The summed E-state index contributed by atoms with van der Waals surface area (Å²) in [6.07, 6.45) is -0.622. The van der Waals surface area contributed by atoms with Gasteiger partial charge in [-0.1, -0.05) is 6.07 Å². The molecule has 4 N–H and O–H groups in total. The van der Waals surface area contributed by atoms with Gasteiger partial charge in [-0.3, -0.25) is 5.32 Å². The number of alkyl carbamates (subject to hydrolysis) is 1. The summed E-state index contributed by atoms with van der Waals surface area (Å²) in [6.45, 7) is 1.94. The molecule has 0 heterocycles. The minimum absolute atomic E-state index is 0.141. The molecule has 0 saturated heterocycles. The number of nitrogens with two attached hydrogens (primary N) is 1. The molecule has 6 heteroatoms. The van der Waals surface area contributed by atoms with E-state index in [0.29, 0.717) is 11.4 Å². The molecular weight excluding hydrogens is 226 g/mol. The molecule has 1 rings (SSSR count). The van der Waals surface area contributed by atoms with Crippen LogP contribution in [0.1, 0.15) is 5.56 Å². The number of nitrogens with one attached hydrogen (secondary N) is 2. The summed E-state index contributed by atoms with van der Waals surface area (Å²) < 4.78 is 4.40. The zero-order chi connectivity index (χ0) is 12.1. The lowest BCUT2D eigenvalue weighted by Crippen LogP contribution is -2.34. The van der Waals surface area contributed by atoms with Gasteiger partial charge in [0.1, 0.15) is 0 Å². The lowest BCUT2D eigenvalue weighted by Gasteiger charge is -2.11. The standard InChI is InChI=1S/C10H13N3O2S/c1-6-3-4-8(7(11)5-6)12-9(16)13-10(14)15-2/h3-5H,11H2,1-2H3,(H2,12,13,14,16). The quantitative estimate of drug-likeness (QED) is 0.513. The topological polar surface area (TPSA) is 76.4 Å². The van der Waals surface area contributed by atoms with E-state index in [9.17, 15) is 4.79 Å². The van der Waals surface area contributed by atoms with Gasteiger partial charge in [-0.25, -0.2) is 4.79 Å². The SMILES string of the molecule is COC(=O)NC(=S)Nc1ccc(C)cc1N. The highest BCUT2D eigenvalue weighted by Gasteiger charge is 2.05. The highest BCUT2D eigenvalue weighted by atomic mass is 32.1. The first kappa shape index (κ1) is 12.3. The second-order valence-corrected chi connectivity index (χ2v) is 3.57. The van der Waals surface area contributed by atoms with Gasteiger partial charge in [0.15, 0.2) is 5.11 Å². The number of anilines is 2. The molecule has 0 fully saturated rings. The third kappa shape index (κ3) is 3.39. The van der Waals surface area contributed by atoms with E-state index in [2.05, 4.69) is 15.4 Å². The van der Waals surface area contributed by atoms with Gasteiger partial charge in [0.25, 0.3) is 0 Å². The van der Waals surface area contributed by atoms with Crippen LogP contribution >= 0.6 is 12.2 Å². The van der Waals surface area contributed by atoms with Crippen molar-refractivity contribution in [1.82, 2.24) is 5.32 Å². The number of nitrogen functional groups attached to an aromatic ring is 1. The first-order valence-corrected chi connectivity index (χ1v) is 4.96.